The summed E-state index contributed by atoms with van der Waals surface area (Å²) < 4.78 is 19.2. The lowest BCUT2D eigenvalue weighted by atomic mass is 10.0. The van der Waals surface area contributed by atoms with Gasteiger partial charge in [0.1, 0.15) is 18.3 Å². The second-order valence-corrected chi connectivity index (χ2v) is 16.5. The molecular weight excluding hydrogens is 524 g/mol. The minimum atomic E-state index is -2.79. The van der Waals surface area contributed by atoms with Crippen LogP contribution < -0.4 is 10.4 Å². The molecule has 2 aromatic carbocycles. The van der Waals surface area contributed by atoms with E-state index in [1.165, 1.54) is 29.6 Å². The molecular formula is C36H48O4Si. The molecule has 0 aliphatic carbocycles. The molecule has 1 heterocycles. The number of benzene rings is 2. The molecule has 2 aromatic rings. The van der Waals surface area contributed by atoms with E-state index in [1.54, 1.807) is 6.08 Å². The van der Waals surface area contributed by atoms with Crippen molar-refractivity contribution in [2.45, 2.75) is 115 Å². The van der Waals surface area contributed by atoms with Crippen LogP contribution in [0.15, 0.2) is 73.3 Å². The molecule has 0 unspecified atom stereocenters. The topological polar surface area (TPSA) is 47.9 Å². The van der Waals surface area contributed by atoms with E-state index in [9.17, 15) is 5.11 Å². The Morgan fingerprint density at radius 1 is 0.927 bits per heavy atom. The van der Waals surface area contributed by atoms with Crippen LogP contribution in [0.2, 0.25) is 5.04 Å². The summed E-state index contributed by atoms with van der Waals surface area (Å²) in [5.74, 6) is 11.1. The first-order chi connectivity index (χ1) is 19.5. The molecule has 1 aliphatic rings. The third-order valence-corrected chi connectivity index (χ3v) is 12.6. The van der Waals surface area contributed by atoms with Crippen molar-refractivity contribution in [3.8, 4) is 23.7 Å². The summed E-state index contributed by atoms with van der Waals surface area (Å²) in [6.07, 6.45) is 6.22. The molecule has 41 heavy (non-hydrogen) atoms. The number of unbranched alkanes of at least 4 members (excludes halogenated alkanes) is 4. The highest BCUT2D eigenvalue weighted by Crippen LogP contribution is 2.37. The Hall–Kier alpha value is -2.64. The molecule has 4 atom stereocenters. The number of ether oxygens (including phenoxy) is 2. The van der Waals surface area contributed by atoms with Gasteiger partial charge in [-0.1, -0.05) is 145 Å². The molecule has 0 aromatic heterocycles. The van der Waals surface area contributed by atoms with Gasteiger partial charge in [-0.15, -0.1) is 0 Å². The van der Waals surface area contributed by atoms with Gasteiger partial charge in [0.05, 0.1) is 6.10 Å². The second kappa shape index (κ2) is 15.0. The zero-order valence-electron chi connectivity index (χ0n) is 25.8. The number of aliphatic hydroxyl groups excluding tert-OH is 1. The Morgan fingerprint density at radius 3 is 2.02 bits per heavy atom. The van der Waals surface area contributed by atoms with Crippen molar-refractivity contribution in [1.82, 2.24) is 0 Å². The van der Waals surface area contributed by atoms with E-state index in [-0.39, 0.29) is 11.1 Å². The van der Waals surface area contributed by atoms with Crippen LogP contribution in [0.25, 0.3) is 0 Å². The van der Waals surface area contributed by atoms with E-state index in [1.807, 2.05) is 26.0 Å². The highest BCUT2D eigenvalue weighted by Gasteiger charge is 2.51. The Bertz CT molecular complexity index is 1170. The van der Waals surface area contributed by atoms with Crippen LogP contribution in [0.4, 0.5) is 0 Å². The summed E-state index contributed by atoms with van der Waals surface area (Å²) >= 11 is 0. The number of rotatable bonds is 12. The minimum absolute atomic E-state index is 0.182. The standard InChI is InChI=1S/C36H48O4Si/c1-8-10-11-12-19-28-33-34(39-36(6,7)38-33)32(37)27-21-20-22-29(9-2)40-41(35(3,4)5,30-23-15-13-16-24-30)31-25-17-14-18-26-31/h9,13-18,23-26,29,32-34,37H,2,8,10-12,19,28H2,1,3-7H3/t29-,32+,33-,34-/m1/s1. The summed E-state index contributed by atoms with van der Waals surface area (Å²) in [4.78, 5) is 0. The Balaban J connectivity index is 1.80. The van der Waals surface area contributed by atoms with Gasteiger partial charge >= 0.3 is 0 Å². The van der Waals surface area contributed by atoms with Gasteiger partial charge in [-0.25, -0.2) is 0 Å². The van der Waals surface area contributed by atoms with E-state index in [0.717, 1.165) is 19.3 Å². The number of aliphatic hydroxyl groups is 1. The molecule has 5 heteroatoms. The molecule has 4 nitrogen and oxygen atoms in total. The maximum Gasteiger partial charge on any atom is 0.263 e. The summed E-state index contributed by atoms with van der Waals surface area (Å²) in [5, 5.41) is 13.1. The third-order valence-electron chi connectivity index (χ3n) is 7.56. The molecule has 0 spiro atoms. The first-order valence-corrected chi connectivity index (χ1v) is 16.9. The quantitative estimate of drug-likeness (QED) is 0.139. The highest BCUT2D eigenvalue weighted by atomic mass is 28.4. The molecule has 220 valence electrons. The van der Waals surface area contributed by atoms with Gasteiger partial charge < -0.3 is 19.0 Å². The van der Waals surface area contributed by atoms with E-state index < -0.39 is 32.4 Å². The van der Waals surface area contributed by atoms with Crippen LogP contribution >= 0.6 is 0 Å². The second-order valence-electron chi connectivity index (χ2n) is 12.3. The maximum atomic E-state index is 10.9. The maximum absolute atomic E-state index is 10.9. The van der Waals surface area contributed by atoms with Gasteiger partial charge in [-0.05, 0) is 47.5 Å². The van der Waals surface area contributed by atoms with Crippen LogP contribution in [0.5, 0.6) is 0 Å². The summed E-state index contributed by atoms with van der Waals surface area (Å²) in [7, 11) is -2.79. The summed E-state index contributed by atoms with van der Waals surface area (Å²) in [6.45, 7) is 16.7. The molecule has 1 saturated heterocycles. The van der Waals surface area contributed by atoms with Gasteiger partial charge in [0.15, 0.2) is 5.79 Å². The van der Waals surface area contributed by atoms with E-state index in [0.29, 0.717) is 0 Å². The SMILES string of the molecule is C=C[C@H](C#CC#C[C@H](O)[C@H]1OC(C)(C)O[C@@H]1CCCCCCC)O[Si](c1ccccc1)(c1ccccc1)C(C)(C)C. The van der Waals surface area contributed by atoms with Crippen molar-refractivity contribution in [2.75, 3.05) is 0 Å². The fraction of sp³-hybridized carbons (Fsp3) is 0.500. The van der Waals surface area contributed by atoms with Gasteiger partial charge in [0.25, 0.3) is 8.32 Å². The Labute approximate surface area is 249 Å². The average molecular weight is 573 g/mol. The minimum Gasteiger partial charge on any atom is -0.390 e. The lowest BCUT2D eigenvalue weighted by molar-refractivity contribution is -0.152. The molecule has 1 aliphatic heterocycles. The van der Waals surface area contributed by atoms with Crippen molar-refractivity contribution in [2.24, 2.45) is 0 Å². The van der Waals surface area contributed by atoms with E-state index >= 15 is 0 Å². The largest absolute Gasteiger partial charge is 0.390 e. The van der Waals surface area contributed by atoms with Crippen LogP contribution in [0, 0.1) is 23.7 Å². The first kappa shape index (κ1) is 32.9. The number of hydrogen-bond donors (Lipinski definition) is 1. The Kier molecular flexibility index (Phi) is 12.0. The Morgan fingerprint density at radius 2 is 1.49 bits per heavy atom. The molecule has 0 bridgehead atoms. The normalized spacial score (nSPS) is 19.8. The van der Waals surface area contributed by atoms with Crippen molar-refractivity contribution in [3.63, 3.8) is 0 Å². The van der Waals surface area contributed by atoms with Gasteiger partial charge in [-0.3, -0.25) is 0 Å². The van der Waals surface area contributed by atoms with Crippen LogP contribution in [0.1, 0.15) is 80.1 Å². The van der Waals surface area contributed by atoms with Gasteiger partial charge in [0, 0.05) is 0 Å². The zero-order valence-corrected chi connectivity index (χ0v) is 26.8. The molecule has 0 saturated carbocycles. The molecule has 0 amide bonds. The van der Waals surface area contributed by atoms with Crippen molar-refractivity contribution < 1.29 is 19.0 Å². The molecule has 1 fully saturated rings. The van der Waals surface area contributed by atoms with Gasteiger partial charge in [-0.2, -0.15) is 0 Å². The average Bonchev–Trinajstić information content (AvgIpc) is 3.27. The first-order valence-electron chi connectivity index (χ1n) is 15.0. The van der Waals surface area contributed by atoms with E-state index in [2.05, 4.69) is 106 Å². The summed E-state index contributed by atoms with van der Waals surface area (Å²) in [5.41, 5.74) is 0. The van der Waals surface area contributed by atoms with Crippen molar-refractivity contribution in [1.29, 1.82) is 0 Å². The highest BCUT2D eigenvalue weighted by molar-refractivity contribution is 6.99. The lowest BCUT2D eigenvalue weighted by Crippen LogP contribution is -2.67. The molecule has 1 N–H and O–H groups in total. The monoisotopic (exact) mass is 572 g/mol. The van der Waals surface area contributed by atoms with Crippen molar-refractivity contribution in [3.05, 3.63) is 73.3 Å². The predicted molar refractivity (Wildman–Crippen MR) is 171 cm³/mol. The third kappa shape index (κ3) is 8.68. The fourth-order valence-corrected chi connectivity index (χ4v) is 10.2. The lowest BCUT2D eigenvalue weighted by Gasteiger charge is -2.44. The van der Waals surface area contributed by atoms with Gasteiger partial charge in [0.2, 0.25) is 0 Å². The molecule has 0 radical (unpaired) electrons. The molecule has 3 rings (SSSR count). The van der Waals surface area contributed by atoms with Crippen molar-refractivity contribution >= 4 is 18.7 Å². The summed E-state index contributed by atoms with van der Waals surface area (Å²) in [6, 6.07) is 20.9. The van der Waals surface area contributed by atoms with Crippen LogP contribution in [0.3, 0.4) is 0 Å². The van der Waals surface area contributed by atoms with Crippen LogP contribution in [-0.4, -0.2) is 43.6 Å². The van der Waals surface area contributed by atoms with E-state index in [4.69, 9.17) is 13.9 Å². The number of hydrogen-bond acceptors (Lipinski definition) is 4. The zero-order chi connectivity index (χ0) is 29.9. The predicted octanol–water partition coefficient (Wildman–Crippen LogP) is 6.37. The smallest absolute Gasteiger partial charge is 0.263 e. The fourth-order valence-electron chi connectivity index (χ4n) is 5.62. The van der Waals surface area contributed by atoms with Crippen LogP contribution in [-0.2, 0) is 13.9 Å².